The van der Waals surface area contributed by atoms with Gasteiger partial charge >= 0.3 is 6.09 Å². The van der Waals surface area contributed by atoms with E-state index in [1.165, 1.54) is 10.8 Å². The molecule has 0 N–H and O–H groups in total. The zero-order valence-electron chi connectivity index (χ0n) is 27.5. The third-order valence-corrected chi connectivity index (χ3v) is 9.03. The van der Waals surface area contributed by atoms with E-state index in [1.54, 1.807) is 4.90 Å². The Bertz CT molecular complexity index is 1690. The van der Waals surface area contributed by atoms with Gasteiger partial charge in [-0.25, -0.2) is 9.78 Å². The molecule has 6 rings (SSSR count). The van der Waals surface area contributed by atoms with Crippen molar-refractivity contribution in [2.75, 3.05) is 54.0 Å². The normalized spacial score (nSPS) is 21.8. The lowest BCUT2D eigenvalue weighted by Crippen LogP contribution is -2.56. The minimum atomic E-state index is -0.629. The molecule has 4 heterocycles. The molecule has 2 saturated heterocycles. The van der Waals surface area contributed by atoms with Gasteiger partial charge < -0.3 is 29.1 Å². The van der Waals surface area contributed by atoms with Crippen LogP contribution in [0.1, 0.15) is 57.7 Å². The van der Waals surface area contributed by atoms with Crippen LogP contribution in [0.3, 0.4) is 0 Å². The first-order valence-corrected chi connectivity index (χ1v) is 16.3. The van der Waals surface area contributed by atoms with Crippen LogP contribution in [0.15, 0.2) is 42.5 Å². The number of benzene rings is 2. The maximum absolute atomic E-state index is 13.1. The van der Waals surface area contributed by atoms with E-state index in [1.807, 2.05) is 20.8 Å². The van der Waals surface area contributed by atoms with Crippen LogP contribution >= 0.6 is 0 Å². The number of piperazine rings is 1. The number of nitriles is 2. The van der Waals surface area contributed by atoms with Crippen molar-refractivity contribution in [3.8, 4) is 12.1 Å². The highest BCUT2D eigenvalue weighted by Gasteiger charge is 2.37. The van der Waals surface area contributed by atoms with E-state index >= 15 is 0 Å². The van der Waals surface area contributed by atoms with Crippen molar-refractivity contribution in [2.24, 2.45) is 0 Å². The number of fused-ring (bicyclic) bond motifs is 2. The van der Waals surface area contributed by atoms with Gasteiger partial charge in [-0.1, -0.05) is 36.4 Å². The fourth-order valence-electron chi connectivity index (χ4n) is 7.14. The van der Waals surface area contributed by atoms with E-state index in [9.17, 15) is 15.3 Å². The van der Waals surface area contributed by atoms with Gasteiger partial charge in [0.2, 0.25) is 0 Å². The number of aromatic nitrogens is 1. The summed E-state index contributed by atoms with van der Waals surface area (Å²) >= 11 is 0. The van der Waals surface area contributed by atoms with E-state index in [-0.39, 0.29) is 24.7 Å². The number of hydrogen-bond acceptors (Lipinski definition) is 9. The minimum Gasteiger partial charge on any atom is -0.444 e. The number of morpholine rings is 1. The SMILES string of the molecule is CC1CN(c2nc(N3CCN(C(=O)OC(C)(C)C)C(CC#N)C3)c3c(c2C#N)CN(c2cccc4ccccc24)CC3)CC(C)O1. The molecule has 10 nitrogen and oxygen atoms in total. The Kier molecular flexibility index (Phi) is 8.67. The summed E-state index contributed by atoms with van der Waals surface area (Å²) in [6.07, 6.45) is 0.516. The summed E-state index contributed by atoms with van der Waals surface area (Å²) in [6, 6.07) is 19.3. The maximum atomic E-state index is 13.1. The van der Waals surface area contributed by atoms with Gasteiger partial charge in [0.25, 0.3) is 0 Å². The molecule has 2 aromatic carbocycles. The first-order valence-electron chi connectivity index (χ1n) is 16.3. The Labute approximate surface area is 271 Å². The molecule has 2 fully saturated rings. The lowest BCUT2D eigenvalue weighted by atomic mass is 9.93. The van der Waals surface area contributed by atoms with Crippen molar-refractivity contribution in [2.45, 2.75) is 77.9 Å². The van der Waals surface area contributed by atoms with Gasteiger partial charge in [-0.2, -0.15) is 10.5 Å². The second-order valence-corrected chi connectivity index (χ2v) is 13.7. The van der Waals surface area contributed by atoms with Gasteiger partial charge in [-0.05, 0) is 58.1 Å². The van der Waals surface area contributed by atoms with Crippen molar-refractivity contribution in [1.82, 2.24) is 9.88 Å². The summed E-state index contributed by atoms with van der Waals surface area (Å²) in [5, 5.41) is 22.8. The first kappa shape index (κ1) is 31.4. The quantitative estimate of drug-likeness (QED) is 0.367. The van der Waals surface area contributed by atoms with Crippen molar-refractivity contribution < 1.29 is 14.3 Å². The molecule has 3 aromatic rings. The average molecular weight is 622 g/mol. The smallest absolute Gasteiger partial charge is 0.410 e. The van der Waals surface area contributed by atoms with Gasteiger partial charge in [0, 0.05) is 62.5 Å². The molecule has 0 saturated carbocycles. The van der Waals surface area contributed by atoms with E-state index in [0.717, 1.165) is 35.6 Å². The molecule has 1 aromatic heterocycles. The Balaban J connectivity index is 1.41. The number of carbonyl (C=O) groups excluding carboxylic acids is 1. The molecular formula is C36H43N7O3. The summed E-state index contributed by atoms with van der Waals surface area (Å²) < 4.78 is 11.7. The predicted octanol–water partition coefficient (Wildman–Crippen LogP) is 5.62. The third kappa shape index (κ3) is 6.27. The minimum absolute atomic E-state index is 0.00106. The van der Waals surface area contributed by atoms with Crippen molar-refractivity contribution in [3.63, 3.8) is 0 Å². The van der Waals surface area contributed by atoms with Crippen LogP contribution in [-0.4, -0.2) is 79.1 Å². The number of carbonyl (C=O) groups is 1. The van der Waals surface area contributed by atoms with Gasteiger partial charge in [-0.15, -0.1) is 0 Å². The molecule has 3 aliphatic rings. The topological polar surface area (TPSA) is 109 Å². The molecule has 3 atom stereocenters. The largest absolute Gasteiger partial charge is 0.444 e. The summed E-state index contributed by atoms with van der Waals surface area (Å²) in [5.41, 5.74) is 3.22. The number of amides is 1. The molecule has 46 heavy (non-hydrogen) atoms. The zero-order chi connectivity index (χ0) is 32.6. The van der Waals surface area contributed by atoms with Gasteiger partial charge in [-0.3, -0.25) is 0 Å². The van der Waals surface area contributed by atoms with Crippen LogP contribution in [0.5, 0.6) is 0 Å². The second kappa shape index (κ2) is 12.7. The Morgan fingerprint density at radius 2 is 1.67 bits per heavy atom. The molecule has 0 aliphatic carbocycles. The summed E-state index contributed by atoms with van der Waals surface area (Å²) in [7, 11) is 0. The molecule has 240 valence electrons. The Morgan fingerprint density at radius 1 is 0.935 bits per heavy atom. The standard InChI is InChI=1S/C36H43N7O3/c1-24-20-42(21-25(2)45-24)34-30(19-38)31-23-40(32-12-8-10-26-9-6-7-11-28(26)32)16-14-29(31)33(39-34)41-17-18-43(27(22-41)13-15-37)35(44)46-36(3,4)5/h6-12,24-25,27H,13-14,16-18,20-23H2,1-5H3. The highest BCUT2D eigenvalue weighted by atomic mass is 16.6. The van der Waals surface area contributed by atoms with Crippen LogP contribution < -0.4 is 14.7 Å². The maximum Gasteiger partial charge on any atom is 0.410 e. The molecular weight excluding hydrogens is 578 g/mol. The molecule has 3 aliphatic heterocycles. The highest BCUT2D eigenvalue weighted by Crippen LogP contribution is 2.39. The molecule has 0 radical (unpaired) electrons. The number of hydrogen-bond donors (Lipinski definition) is 0. The van der Waals surface area contributed by atoms with Gasteiger partial charge in [0.1, 0.15) is 23.3 Å². The lowest BCUT2D eigenvalue weighted by Gasteiger charge is -2.44. The third-order valence-electron chi connectivity index (χ3n) is 9.03. The van der Waals surface area contributed by atoms with Crippen molar-refractivity contribution in [1.29, 1.82) is 10.5 Å². The summed E-state index contributed by atoms with van der Waals surface area (Å²) in [4.78, 5) is 26.9. The zero-order valence-corrected chi connectivity index (χ0v) is 27.5. The van der Waals surface area contributed by atoms with Crippen LogP contribution in [-0.2, 0) is 22.4 Å². The number of nitrogens with zero attached hydrogens (tertiary/aromatic N) is 7. The van der Waals surface area contributed by atoms with Crippen molar-refractivity contribution >= 4 is 34.2 Å². The fraction of sp³-hybridized carbons (Fsp3) is 0.500. The second-order valence-electron chi connectivity index (χ2n) is 13.7. The first-order chi connectivity index (χ1) is 22.1. The molecule has 1 amide bonds. The number of anilines is 3. The molecule has 0 spiro atoms. The highest BCUT2D eigenvalue weighted by molar-refractivity contribution is 5.94. The molecule has 0 bridgehead atoms. The lowest BCUT2D eigenvalue weighted by molar-refractivity contribution is -0.00548. The number of rotatable bonds is 4. The fourth-order valence-corrected chi connectivity index (χ4v) is 7.14. The predicted molar refractivity (Wildman–Crippen MR) is 179 cm³/mol. The van der Waals surface area contributed by atoms with E-state index in [4.69, 9.17) is 14.5 Å². The number of pyridine rings is 1. The van der Waals surface area contributed by atoms with Crippen LogP contribution in [0.4, 0.5) is 22.1 Å². The van der Waals surface area contributed by atoms with Gasteiger partial charge in [0.15, 0.2) is 0 Å². The molecule has 10 heteroatoms. The average Bonchev–Trinajstić information content (AvgIpc) is 3.02. The van der Waals surface area contributed by atoms with Gasteiger partial charge in [0.05, 0.1) is 36.3 Å². The molecule has 3 unspecified atom stereocenters. The Morgan fingerprint density at radius 3 is 2.39 bits per heavy atom. The van der Waals surface area contributed by atoms with Crippen molar-refractivity contribution in [3.05, 3.63) is 59.2 Å². The summed E-state index contributed by atoms with van der Waals surface area (Å²) in [6.45, 7) is 13.7. The van der Waals surface area contributed by atoms with Crippen LogP contribution in [0.2, 0.25) is 0 Å². The van der Waals surface area contributed by atoms with Crippen LogP contribution in [0, 0.1) is 22.7 Å². The van der Waals surface area contributed by atoms with E-state index in [2.05, 4.69) is 83.2 Å². The van der Waals surface area contributed by atoms with E-state index < -0.39 is 11.7 Å². The summed E-state index contributed by atoms with van der Waals surface area (Å²) in [5.74, 6) is 1.53. The number of ether oxygens (including phenoxy) is 2. The monoisotopic (exact) mass is 621 g/mol. The van der Waals surface area contributed by atoms with Crippen LogP contribution in [0.25, 0.3) is 10.8 Å². The Hall–Kier alpha value is -4.54. The van der Waals surface area contributed by atoms with E-state index in [0.29, 0.717) is 50.6 Å².